The number of hydrogen-bond donors (Lipinski definition) is 2. The molecule has 2 saturated carbocycles. The molecule has 4 rings (SSSR count). The van der Waals surface area contributed by atoms with Crippen LogP contribution in [0.15, 0.2) is 30.5 Å². The Morgan fingerprint density at radius 3 is 2.71 bits per heavy atom. The van der Waals surface area contributed by atoms with Crippen molar-refractivity contribution in [3.63, 3.8) is 0 Å². The minimum Gasteiger partial charge on any atom is -0.480 e. The van der Waals surface area contributed by atoms with Gasteiger partial charge in [-0.2, -0.15) is 0 Å². The number of aromatic nitrogens is 1. The number of aliphatic carboxylic acids is 1. The fourth-order valence-corrected chi connectivity index (χ4v) is 4.33. The minimum absolute atomic E-state index is 0.0864. The van der Waals surface area contributed by atoms with Crippen molar-refractivity contribution < 1.29 is 14.7 Å². The molecule has 1 aromatic carbocycles. The summed E-state index contributed by atoms with van der Waals surface area (Å²) >= 11 is 0. The van der Waals surface area contributed by atoms with Crippen LogP contribution in [-0.2, 0) is 23.1 Å². The molecule has 28 heavy (non-hydrogen) atoms. The second-order valence-corrected chi connectivity index (χ2v) is 8.44. The molecule has 1 amide bonds. The van der Waals surface area contributed by atoms with Gasteiger partial charge in [0.05, 0.1) is 6.54 Å². The van der Waals surface area contributed by atoms with Crippen LogP contribution in [0.1, 0.15) is 37.7 Å². The van der Waals surface area contributed by atoms with Crippen LogP contribution in [0.3, 0.4) is 0 Å². The number of benzene rings is 1. The minimum atomic E-state index is -0.761. The van der Waals surface area contributed by atoms with Crippen LogP contribution >= 0.6 is 0 Å². The summed E-state index contributed by atoms with van der Waals surface area (Å²) in [6, 6.07) is 8.74. The van der Waals surface area contributed by atoms with Crippen LogP contribution in [0, 0.1) is 5.92 Å². The zero-order chi connectivity index (χ0) is 19.7. The summed E-state index contributed by atoms with van der Waals surface area (Å²) < 4.78 is 2.11. The lowest BCUT2D eigenvalue weighted by atomic mass is 9.85. The number of carboxylic acid groups (broad SMARTS) is 1. The molecule has 2 aliphatic carbocycles. The van der Waals surface area contributed by atoms with Gasteiger partial charge in [-0.05, 0) is 49.7 Å². The average molecular weight is 383 g/mol. The first kappa shape index (κ1) is 19.0. The third-order valence-electron chi connectivity index (χ3n) is 6.12. The molecule has 2 fully saturated rings. The van der Waals surface area contributed by atoms with Crippen molar-refractivity contribution in [2.24, 2.45) is 13.0 Å². The fourth-order valence-electron chi connectivity index (χ4n) is 4.33. The lowest BCUT2D eigenvalue weighted by Gasteiger charge is -2.42. The van der Waals surface area contributed by atoms with E-state index in [2.05, 4.69) is 33.1 Å². The van der Waals surface area contributed by atoms with Gasteiger partial charge in [-0.1, -0.05) is 18.2 Å². The SMILES string of the molecule is Cn1cc(CCC(=O)NC2CC(N(CC(=O)O)CC3CC3)C2)c2ccccc21. The largest absolute Gasteiger partial charge is 0.480 e. The van der Waals surface area contributed by atoms with Crippen molar-refractivity contribution in [2.45, 2.75) is 50.6 Å². The molecule has 0 unspecified atom stereocenters. The lowest BCUT2D eigenvalue weighted by Crippen LogP contribution is -2.55. The Morgan fingerprint density at radius 1 is 1.25 bits per heavy atom. The fraction of sp³-hybridized carbons (Fsp3) is 0.545. The van der Waals surface area contributed by atoms with Crippen LogP contribution in [0.25, 0.3) is 10.9 Å². The topological polar surface area (TPSA) is 74.6 Å². The number of nitrogens with one attached hydrogen (secondary N) is 1. The van der Waals surface area contributed by atoms with Gasteiger partial charge in [0.15, 0.2) is 0 Å². The van der Waals surface area contributed by atoms with Crippen molar-refractivity contribution in [3.05, 3.63) is 36.0 Å². The van der Waals surface area contributed by atoms with Crippen LogP contribution in [-0.4, -0.2) is 51.6 Å². The van der Waals surface area contributed by atoms with Gasteiger partial charge in [0.25, 0.3) is 0 Å². The van der Waals surface area contributed by atoms with E-state index in [-0.39, 0.29) is 18.5 Å². The van der Waals surface area contributed by atoms with Crippen LogP contribution in [0.5, 0.6) is 0 Å². The van der Waals surface area contributed by atoms with E-state index in [1.165, 1.54) is 29.3 Å². The third kappa shape index (κ3) is 4.38. The number of carboxylic acids is 1. The van der Waals surface area contributed by atoms with Crippen molar-refractivity contribution in [1.29, 1.82) is 0 Å². The summed E-state index contributed by atoms with van der Waals surface area (Å²) in [5.74, 6) is 0.000251. The summed E-state index contributed by atoms with van der Waals surface area (Å²) in [5, 5.41) is 13.5. The highest BCUT2D eigenvalue weighted by Gasteiger charge is 2.37. The monoisotopic (exact) mass is 383 g/mol. The highest BCUT2D eigenvalue weighted by Crippen LogP contribution is 2.33. The molecule has 1 aromatic heterocycles. The standard InChI is InChI=1S/C22H29N3O3/c1-24-13-16(19-4-2-3-5-20(19)24)8-9-21(26)23-17-10-18(11-17)25(14-22(27)28)12-15-6-7-15/h2-5,13,15,17-18H,6-12,14H2,1H3,(H,23,26)(H,27,28). The van der Waals surface area contributed by atoms with Crippen LogP contribution in [0.2, 0.25) is 0 Å². The van der Waals surface area contributed by atoms with E-state index < -0.39 is 5.97 Å². The van der Waals surface area contributed by atoms with Crippen molar-refractivity contribution in [1.82, 2.24) is 14.8 Å². The molecule has 0 radical (unpaired) electrons. The maximum Gasteiger partial charge on any atom is 0.317 e. The van der Waals surface area contributed by atoms with E-state index in [0.29, 0.717) is 18.4 Å². The maximum atomic E-state index is 12.4. The van der Waals surface area contributed by atoms with Crippen molar-refractivity contribution in [2.75, 3.05) is 13.1 Å². The molecule has 0 aliphatic heterocycles. The van der Waals surface area contributed by atoms with Gasteiger partial charge in [0.2, 0.25) is 5.91 Å². The molecule has 1 heterocycles. The molecule has 6 nitrogen and oxygen atoms in total. The number of para-hydroxylation sites is 1. The highest BCUT2D eigenvalue weighted by atomic mass is 16.4. The Hall–Kier alpha value is -2.34. The number of rotatable bonds is 9. The number of carbonyl (C=O) groups excluding carboxylic acids is 1. The molecular weight excluding hydrogens is 354 g/mol. The predicted molar refractivity (Wildman–Crippen MR) is 108 cm³/mol. The highest BCUT2D eigenvalue weighted by molar-refractivity contribution is 5.85. The second-order valence-electron chi connectivity index (χ2n) is 8.44. The Balaban J connectivity index is 1.24. The first-order valence-electron chi connectivity index (χ1n) is 10.3. The molecule has 2 aromatic rings. The molecular formula is C22H29N3O3. The van der Waals surface area contributed by atoms with Crippen LogP contribution < -0.4 is 5.32 Å². The Kier molecular flexibility index (Phi) is 5.40. The smallest absolute Gasteiger partial charge is 0.317 e. The summed E-state index contributed by atoms with van der Waals surface area (Å²) in [6.07, 6.45) is 7.49. The van der Waals surface area contributed by atoms with Gasteiger partial charge in [-0.25, -0.2) is 0 Å². The lowest BCUT2D eigenvalue weighted by molar-refractivity contribution is -0.140. The summed E-state index contributed by atoms with van der Waals surface area (Å²) in [4.78, 5) is 25.6. The molecule has 0 spiro atoms. The van der Waals surface area contributed by atoms with Crippen molar-refractivity contribution >= 4 is 22.8 Å². The van der Waals surface area contributed by atoms with Gasteiger partial charge in [-0.15, -0.1) is 0 Å². The van der Waals surface area contributed by atoms with E-state index in [1.807, 2.05) is 19.2 Å². The normalized spacial score (nSPS) is 21.6. The summed E-state index contributed by atoms with van der Waals surface area (Å²) in [6.45, 7) is 1.00. The van der Waals surface area contributed by atoms with Gasteiger partial charge >= 0.3 is 5.97 Å². The Labute approximate surface area is 165 Å². The number of hydrogen-bond acceptors (Lipinski definition) is 3. The van der Waals surface area contributed by atoms with Crippen LogP contribution in [0.4, 0.5) is 0 Å². The zero-order valence-electron chi connectivity index (χ0n) is 16.4. The number of fused-ring (bicyclic) bond motifs is 1. The molecule has 6 heteroatoms. The number of amides is 1. The van der Waals surface area contributed by atoms with E-state index >= 15 is 0 Å². The molecule has 0 bridgehead atoms. The summed E-state index contributed by atoms with van der Waals surface area (Å²) in [7, 11) is 2.03. The van der Waals surface area contributed by atoms with Gasteiger partial charge in [0, 0.05) is 49.2 Å². The molecule has 0 atom stereocenters. The summed E-state index contributed by atoms with van der Waals surface area (Å²) in [5.41, 5.74) is 2.39. The van der Waals surface area contributed by atoms with E-state index in [9.17, 15) is 9.59 Å². The maximum absolute atomic E-state index is 12.4. The Bertz CT molecular complexity index is 865. The van der Waals surface area contributed by atoms with Crippen molar-refractivity contribution in [3.8, 4) is 0 Å². The average Bonchev–Trinajstić information content (AvgIpc) is 3.38. The quantitative estimate of drug-likeness (QED) is 0.698. The molecule has 0 saturated heterocycles. The van der Waals surface area contributed by atoms with Gasteiger partial charge in [-0.3, -0.25) is 14.5 Å². The first-order chi connectivity index (χ1) is 13.5. The second kappa shape index (κ2) is 7.95. The molecule has 2 aliphatic rings. The number of nitrogens with zero attached hydrogens (tertiary/aromatic N) is 2. The third-order valence-corrected chi connectivity index (χ3v) is 6.12. The van der Waals surface area contributed by atoms with Gasteiger partial charge in [0.1, 0.15) is 0 Å². The molecule has 150 valence electrons. The van der Waals surface area contributed by atoms with Gasteiger partial charge < -0.3 is 15.0 Å². The first-order valence-corrected chi connectivity index (χ1v) is 10.3. The van der Waals surface area contributed by atoms with E-state index in [1.54, 1.807) is 0 Å². The van der Waals surface area contributed by atoms with E-state index in [0.717, 1.165) is 25.8 Å². The molecule has 2 N–H and O–H groups in total. The Morgan fingerprint density at radius 2 is 2.00 bits per heavy atom. The number of carbonyl (C=O) groups is 2. The van der Waals surface area contributed by atoms with E-state index in [4.69, 9.17) is 5.11 Å². The predicted octanol–water partition coefficient (Wildman–Crippen LogP) is 2.55. The number of aryl methyl sites for hydroxylation is 2. The zero-order valence-corrected chi connectivity index (χ0v) is 16.4.